The van der Waals surface area contributed by atoms with Crippen LogP contribution in [0.15, 0.2) is 42.5 Å². The molecular weight excluding hydrogens is 340 g/mol. The SMILES string of the molecule is CCCNC(=O)Nc1ccc(C(=O)C=Cc2cc(C)c(OC)c(C)c2)cc1. The van der Waals surface area contributed by atoms with Crippen molar-refractivity contribution in [2.24, 2.45) is 0 Å². The first-order valence-electron chi connectivity index (χ1n) is 8.97. The number of anilines is 1. The van der Waals surface area contributed by atoms with Crippen LogP contribution in [0.3, 0.4) is 0 Å². The largest absolute Gasteiger partial charge is 0.496 e. The third-order valence-electron chi connectivity index (χ3n) is 4.08. The van der Waals surface area contributed by atoms with Crippen LogP contribution in [0.25, 0.3) is 6.08 Å². The van der Waals surface area contributed by atoms with E-state index in [9.17, 15) is 9.59 Å². The summed E-state index contributed by atoms with van der Waals surface area (Å²) in [7, 11) is 1.65. The third kappa shape index (κ3) is 5.71. The first kappa shape index (κ1) is 20.2. The van der Waals surface area contributed by atoms with Gasteiger partial charge in [-0.05, 0) is 79.4 Å². The molecule has 0 saturated heterocycles. The van der Waals surface area contributed by atoms with Gasteiger partial charge in [0.1, 0.15) is 5.75 Å². The number of carbonyl (C=O) groups excluding carboxylic acids is 2. The molecule has 0 heterocycles. The normalized spacial score (nSPS) is 10.7. The van der Waals surface area contributed by atoms with Gasteiger partial charge in [-0.2, -0.15) is 0 Å². The predicted molar refractivity (Wildman–Crippen MR) is 110 cm³/mol. The van der Waals surface area contributed by atoms with E-state index >= 15 is 0 Å². The molecule has 0 fully saturated rings. The molecule has 0 atom stereocenters. The van der Waals surface area contributed by atoms with Crippen LogP contribution < -0.4 is 15.4 Å². The first-order valence-corrected chi connectivity index (χ1v) is 8.97. The average molecular weight is 366 g/mol. The van der Waals surface area contributed by atoms with Gasteiger partial charge in [0.15, 0.2) is 5.78 Å². The fraction of sp³-hybridized carbons (Fsp3) is 0.273. The Morgan fingerprint density at radius 1 is 1.07 bits per heavy atom. The van der Waals surface area contributed by atoms with Gasteiger partial charge in [0.25, 0.3) is 0 Å². The van der Waals surface area contributed by atoms with Crippen LogP contribution in [0.2, 0.25) is 0 Å². The lowest BCUT2D eigenvalue weighted by Gasteiger charge is -2.09. The Kier molecular flexibility index (Phi) is 7.17. The predicted octanol–water partition coefficient (Wildman–Crippen LogP) is 4.74. The molecule has 0 aliphatic heterocycles. The molecule has 2 aromatic rings. The number of urea groups is 1. The standard InChI is InChI=1S/C22H26N2O3/c1-5-12-23-22(26)24-19-9-7-18(8-10-19)20(25)11-6-17-13-15(2)21(27-4)16(3)14-17/h6-11,13-14H,5,12H2,1-4H3,(H2,23,24,26). The summed E-state index contributed by atoms with van der Waals surface area (Å²) in [5, 5.41) is 5.47. The van der Waals surface area contributed by atoms with Crippen molar-refractivity contribution in [1.29, 1.82) is 0 Å². The number of methoxy groups -OCH3 is 1. The molecule has 2 amide bonds. The Balaban J connectivity index is 2.03. The Bertz CT molecular complexity index is 816. The Morgan fingerprint density at radius 3 is 2.26 bits per heavy atom. The van der Waals surface area contributed by atoms with E-state index < -0.39 is 0 Å². The van der Waals surface area contributed by atoms with Crippen LogP contribution in [0.5, 0.6) is 5.75 Å². The van der Waals surface area contributed by atoms with Gasteiger partial charge in [-0.25, -0.2) is 4.79 Å². The molecule has 27 heavy (non-hydrogen) atoms. The van der Waals surface area contributed by atoms with E-state index in [-0.39, 0.29) is 11.8 Å². The summed E-state index contributed by atoms with van der Waals surface area (Å²) in [5.41, 5.74) is 4.21. The minimum absolute atomic E-state index is 0.0943. The lowest BCUT2D eigenvalue weighted by atomic mass is 10.0. The molecule has 5 heteroatoms. The molecular formula is C22H26N2O3. The Morgan fingerprint density at radius 2 is 1.70 bits per heavy atom. The highest BCUT2D eigenvalue weighted by atomic mass is 16.5. The average Bonchev–Trinajstić information content (AvgIpc) is 2.65. The maximum Gasteiger partial charge on any atom is 0.319 e. The van der Waals surface area contributed by atoms with Gasteiger partial charge < -0.3 is 15.4 Å². The first-order chi connectivity index (χ1) is 12.9. The van der Waals surface area contributed by atoms with Crippen molar-refractivity contribution in [2.45, 2.75) is 27.2 Å². The van der Waals surface area contributed by atoms with Gasteiger partial charge in [0, 0.05) is 17.8 Å². The van der Waals surface area contributed by atoms with Gasteiger partial charge in [-0.3, -0.25) is 4.79 Å². The maximum atomic E-state index is 12.4. The van der Waals surface area contributed by atoms with Crippen LogP contribution >= 0.6 is 0 Å². The molecule has 0 aromatic heterocycles. The van der Waals surface area contributed by atoms with Crippen molar-refractivity contribution in [3.05, 3.63) is 64.7 Å². The van der Waals surface area contributed by atoms with E-state index in [4.69, 9.17) is 4.74 Å². The zero-order valence-electron chi connectivity index (χ0n) is 16.3. The molecule has 2 rings (SSSR count). The molecule has 2 aromatic carbocycles. The van der Waals surface area contributed by atoms with Crippen molar-refractivity contribution in [3.63, 3.8) is 0 Å². The number of hydrogen-bond acceptors (Lipinski definition) is 3. The molecule has 0 saturated carbocycles. The van der Waals surface area contributed by atoms with Crippen LogP contribution in [-0.2, 0) is 0 Å². The number of ether oxygens (including phenoxy) is 1. The fourth-order valence-corrected chi connectivity index (χ4v) is 2.80. The summed E-state index contributed by atoms with van der Waals surface area (Å²) in [6, 6.07) is 10.6. The summed E-state index contributed by atoms with van der Waals surface area (Å²) in [6.45, 7) is 6.57. The second-order valence-corrected chi connectivity index (χ2v) is 6.34. The number of rotatable bonds is 7. The molecule has 0 unspecified atom stereocenters. The zero-order chi connectivity index (χ0) is 19.8. The molecule has 0 bridgehead atoms. The minimum Gasteiger partial charge on any atom is -0.496 e. The van der Waals surface area contributed by atoms with E-state index in [2.05, 4.69) is 10.6 Å². The van der Waals surface area contributed by atoms with Crippen LogP contribution in [0, 0.1) is 13.8 Å². The van der Waals surface area contributed by atoms with Crippen molar-refractivity contribution >= 4 is 23.6 Å². The second kappa shape index (κ2) is 9.57. The highest BCUT2D eigenvalue weighted by molar-refractivity contribution is 6.07. The monoisotopic (exact) mass is 366 g/mol. The van der Waals surface area contributed by atoms with E-state index in [0.717, 1.165) is 28.9 Å². The fourth-order valence-electron chi connectivity index (χ4n) is 2.80. The van der Waals surface area contributed by atoms with Crippen molar-refractivity contribution < 1.29 is 14.3 Å². The number of amides is 2. The third-order valence-corrected chi connectivity index (χ3v) is 4.08. The number of hydrogen-bond donors (Lipinski definition) is 2. The molecule has 0 aliphatic carbocycles. The van der Waals surface area contributed by atoms with Gasteiger partial charge in [0.2, 0.25) is 0 Å². The number of allylic oxidation sites excluding steroid dienone is 1. The minimum atomic E-state index is -0.249. The van der Waals surface area contributed by atoms with Crippen LogP contribution in [-0.4, -0.2) is 25.5 Å². The van der Waals surface area contributed by atoms with Crippen LogP contribution in [0.4, 0.5) is 10.5 Å². The van der Waals surface area contributed by atoms with E-state index in [1.54, 1.807) is 43.5 Å². The number of aryl methyl sites for hydroxylation is 2. The van der Waals surface area contributed by atoms with Gasteiger partial charge in [0.05, 0.1) is 7.11 Å². The summed E-state index contributed by atoms with van der Waals surface area (Å²) in [4.78, 5) is 24.0. The molecule has 142 valence electrons. The highest BCUT2D eigenvalue weighted by Gasteiger charge is 2.06. The summed E-state index contributed by atoms with van der Waals surface area (Å²) in [6.07, 6.45) is 4.23. The van der Waals surface area contributed by atoms with Gasteiger partial charge in [-0.1, -0.05) is 13.0 Å². The Labute approximate surface area is 160 Å². The van der Waals surface area contributed by atoms with Crippen LogP contribution in [0.1, 0.15) is 40.4 Å². The number of nitrogens with one attached hydrogen (secondary N) is 2. The van der Waals surface area contributed by atoms with Gasteiger partial charge >= 0.3 is 6.03 Å². The Hall–Kier alpha value is -3.08. The molecule has 5 nitrogen and oxygen atoms in total. The van der Waals surface area contributed by atoms with Crippen molar-refractivity contribution in [2.75, 3.05) is 19.0 Å². The van der Waals surface area contributed by atoms with Crippen molar-refractivity contribution in [3.8, 4) is 5.75 Å². The summed E-state index contributed by atoms with van der Waals surface area (Å²) in [5.74, 6) is 0.771. The van der Waals surface area contributed by atoms with E-state index in [1.807, 2.05) is 32.9 Å². The quantitative estimate of drug-likeness (QED) is 0.549. The number of ketones is 1. The zero-order valence-corrected chi connectivity index (χ0v) is 16.3. The summed E-state index contributed by atoms with van der Waals surface area (Å²) < 4.78 is 5.36. The smallest absolute Gasteiger partial charge is 0.319 e. The van der Waals surface area contributed by atoms with E-state index in [1.165, 1.54) is 0 Å². The molecule has 0 aliphatic rings. The van der Waals surface area contributed by atoms with Crippen molar-refractivity contribution in [1.82, 2.24) is 5.32 Å². The van der Waals surface area contributed by atoms with E-state index in [0.29, 0.717) is 17.8 Å². The highest BCUT2D eigenvalue weighted by Crippen LogP contribution is 2.25. The molecule has 0 radical (unpaired) electrons. The maximum absolute atomic E-state index is 12.4. The topological polar surface area (TPSA) is 67.4 Å². The number of carbonyl (C=O) groups is 2. The van der Waals surface area contributed by atoms with Gasteiger partial charge in [-0.15, -0.1) is 0 Å². The molecule has 2 N–H and O–H groups in total. The lowest BCUT2D eigenvalue weighted by molar-refractivity contribution is 0.104. The number of benzene rings is 2. The summed E-state index contributed by atoms with van der Waals surface area (Å²) >= 11 is 0. The second-order valence-electron chi connectivity index (χ2n) is 6.34. The molecule has 0 spiro atoms. The lowest BCUT2D eigenvalue weighted by Crippen LogP contribution is -2.29.